The average Bonchev–Trinajstić information content (AvgIpc) is 2.41. The molecule has 1 atom stereocenters. The Balaban J connectivity index is 2.68. The van der Waals surface area contributed by atoms with Crippen LogP contribution in [0.15, 0.2) is 30.3 Å². The molecule has 0 heterocycles. The molecule has 0 unspecified atom stereocenters. The standard InChI is InChI=1S/C17H26N2O3/c1-17(2,3)22-16(21)18-14(15(20)19(4)5)12-11-13-9-7-6-8-10-13/h6-10,14H,11-12H2,1-5H3,(H,18,21)/t14-/m0/s1. The van der Waals surface area contributed by atoms with Crippen LogP contribution in [0.4, 0.5) is 4.79 Å². The normalized spacial score (nSPS) is 12.4. The predicted octanol–water partition coefficient (Wildman–Crippen LogP) is 2.60. The molecule has 0 aliphatic rings. The summed E-state index contributed by atoms with van der Waals surface area (Å²) in [5.74, 6) is -0.137. The highest BCUT2D eigenvalue weighted by molar-refractivity contribution is 5.85. The molecular weight excluding hydrogens is 280 g/mol. The Bertz CT molecular complexity index is 492. The first kappa shape index (κ1) is 18.0. The second-order valence-corrected chi connectivity index (χ2v) is 6.46. The lowest BCUT2D eigenvalue weighted by atomic mass is 10.0. The zero-order chi connectivity index (χ0) is 16.8. The van der Waals surface area contributed by atoms with Crippen LogP contribution in [0.2, 0.25) is 0 Å². The summed E-state index contributed by atoms with van der Waals surface area (Å²) in [6, 6.07) is 9.28. The van der Waals surface area contributed by atoms with Crippen molar-refractivity contribution in [1.82, 2.24) is 10.2 Å². The number of nitrogens with zero attached hydrogens (tertiary/aromatic N) is 1. The molecule has 0 radical (unpaired) electrons. The quantitative estimate of drug-likeness (QED) is 0.909. The first-order valence-electron chi connectivity index (χ1n) is 7.43. The van der Waals surface area contributed by atoms with Crippen molar-refractivity contribution < 1.29 is 14.3 Å². The van der Waals surface area contributed by atoms with Gasteiger partial charge < -0.3 is 15.0 Å². The fraction of sp³-hybridized carbons (Fsp3) is 0.529. The third kappa shape index (κ3) is 6.61. The van der Waals surface area contributed by atoms with E-state index in [2.05, 4.69) is 5.32 Å². The monoisotopic (exact) mass is 306 g/mol. The summed E-state index contributed by atoms with van der Waals surface area (Å²) < 4.78 is 5.23. The van der Waals surface area contributed by atoms with Crippen LogP contribution in [0.3, 0.4) is 0 Å². The van der Waals surface area contributed by atoms with Gasteiger partial charge in [-0.15, -0.1) is 0 Å². The molecule has 122 valence electrons. The third-order valence-electron chi connectivity index (χ3n) is 2.99. The van der Waals surface area contributed by atoms with E-state index < -0.39 is 17.7 Å². The van der Waals surface area contributed by atoms with Crippen LogP contribution in [-0.4, -0.2) is 42.6 Å². The number of benzene rings is 1. The van der Waals surface area contributed by atoms with Crippen LogP contribution in [0.5, 0.6) is 0 Å². The van der Waals surface area contributed by atoms with Gasteiger partial charge in [0, 0.05) is 14.1 Å². The fourth-order valence-electron chi connectivity index (χ4n) is 1.97. The number of rotatable bonds is 5. The van der Waals surface area contributed by atoms with E-state index in [-0.39, 0.29) is 5.91 Å². The molecule has 1 aromatic rings. The topological polar surface area (TPSA) is 58.6 Å². The highest BCUT2D eigenvalue weighted by Crippen LogP contribution is 2.10. The molecule has 0 saturated carbocycles. The summed E-state index contributed by atoms with van der Waals surface area (Å²) in [4.78, 5) is 25.6. The zero-order valence-corrected chi connectivity index (χ0v) is 14.1. The van der Waals surface area contributed by atoms with Gasteiger partial charge in [0.2, 0.25) is 5.91 Å². The molecule has 22 heavy (non-hydrogen) atoms. The van der Waals surface area contributed by atoms with Crippen molar-refractivity contribution in [2.75, 3.05) is 14.1 Å². The molecule has 0 saturated heterocycles. The number of ether oxygens (including phenoxy) is 1. The van der Waals surface area contributed by atoms with E-state index in [4.69, 9.17) is 4.74 Å². The first-order valence-corrected chi connectivity index (χ1v) is 7.43. The van der Waals surface area contributed by atoms with Crippen molar-refractivity contribution in [3.05, 3.63) is 35.9 Å². The maximum Gasteiger partial charge on any atom is 0.408 e. The predicted molar refractivity (Wildman–Crippen MR) is 86.6 cm³/mol. The van der Waals surface area contributed by atoms with E-state index in [0.717, 1.165) is 5.56 Å². The Morgan fingerprint density at radius 1 is 1.18 bits per heavy atom. The summed E-state index contributed by atoms with van der Waals surface area (Å²) in [7, 11) is 3.35. The van der Waals surface area contributed by atoms with Gasteiger partial charge in [-0.2, -0.15) is 0 Å². The van der Waals surface area contributed by atoms with Crippen LogP contribution in [-0.2, 0) is 16.0 Å². The number of alkyl carbamates (subject to hydrolysis) is 1. The molecule has 1 rings (SSSR count). The van der Waals surface area contributed by atoms with E-state index >= 15 is 0 Å². The van der Waals surface area contributed by atoms with Crippen molar-refractivity contribution in [3.63, 3.8) is 0 Å². The lowest BCUT2D eigenvalue weighted by Crippen LogP contribution is -2.48. The number of likely N-dealkylation sites (N-methyl/N-ethyl adjacent to an activating group) is 1. The number of hydrogen-bond acceptors (Lipinski definition) is 3. The summed E-state index contributed by atoms with van der Waals surface area (Å²) in [6.45, 7) is 5.37. The molecule has 0 bridgehead atoms. The van der Waals surface area contributed by atoms with E-state index in [1.54, 1.807) is 34.9 Å². The van der Waals surface area contributed by atoms with Crippen LogP contribution in [0.1, 0.15) is 32.8 Å². The molecule has 0 aliphatic heterocycles. The van der Waals surface area contributed by atoms with Crippen LogP contribution in [0, 0.1) is 0 Å². The summed E-state index contributed by atoms with van der Waals surface area (Å²) in [6.07, 6.45) is 0.669. The molecule has 1 aromatic carbocycles. The molecule has 0 aromatic heterocycles. The third-order valence-corrected chi connectivity index (χ3v) is 2.99. The number of aryl methyl sites for hydroxylation is 1. The first-order chi connectivity index (χ1) is 10.2. The van der Waals surface area contributed by atoms with Crippen molar-refractivity contribution in [1.29, 1.82) is 0 Å². The van der Waals surface area contributed by atoms with Crippen molar-refractivity contribution in [3.8, 4) is 0 Å². The highest BCUT2D eigenvalue weighted by atomic mass is 16.6. The minimum absolute atomic E-state index is 0.137. The highest BCUT2D eigenvalue weighted by Gasteiger charge is 2.25. The fourth-order valence-corrected chi connectivity index (χ4v) is 1.97. The Morgan fingerprint density at radius 3 is 2.27 bits per heavy atom. The molecule has 5 nitrogen and oxygen atoms in total. The molecule has 0 fully saturated rings. The molecule has 0 aliphatic carbocycles. The second-order valence-electron chi connectivity index (χ2n) is 6.46. The van der Waals surface area contributed by atoms with Crippen LogP contribution < -0.4 is 5.32 Å². The lowest BCUT2D eigenvalue weighted by Gasteiger charge is -2.25. The SMILES string of the molecule is CN(C)C(=O)[C@H](CCc1ccccc1)NC(=O)OC(C)(C)C. The largest absolute Gasteiger partial charge is 0.444 e. The smallest absolute Gasteiger partial charge is 0.408 e. The molecule has 2 amide bonds. The van der Waals surface area contributed by atoms with Gasteiger partial charge in [-0.3, -0.25) is 4.79 Å². The Kier molecular flexibility index (Phi) is 6.40. The number of carbonyl (C=O) groups is 2. The minimum atomic E-state index is -0.593. The van der Waals surface area contributed by atoms with E-state index in [1.165, 1.54) is 4.90 Å². The summed E-state index contributed by atoms with van der Waals surface area (Å²) in [5.41, 5.74) is 0.542. The van der Waals surface area contributed by atoms with Gasteiger partial charge >= 0.3 is 6.09 Å². The van der Waals surface area contributed by atoms with Gasteiger partial charge in [0.25, 0.3) is 0 Å². The van der Waals surface area contributed by atoms with Gasteiger partial charge in [0.05, 0.1) is 0 Å². The van der Waals surface area contributed by atoms with Crippen LogP contribution >= 0.6 is 0 Å². The van der Waals surface area contributed by atoms with Gasteiger partial charge in [0.1, 0.15) is 11.6 Å². The maximum atomic E-state index is 12.2. The van der Waals surface area contributed by atoms with Gasteiger partial charge in [-0.05, 0) is 39.2 Å². The molecular formula is C17H26N2O3. The van der Waals surface area contributed by atoms with Crippen molar-refractivity contribution in [2.24, 2.45) is 0 Å². The van der Waals surface area contributed by atoms with Gasteiger partial charge in [-0.25, -0.2) is 4.79 Å². The average molecular weight is 306 g/mol. The lowest BCUT2D eigenvalue weighted by molar-refractivity contribution is -0.131. The zero-order valence-electron chi connectivity index (χ0n) is 14.1. The van der Waals surface area contributed by atoms with Crippen LogP contribution in [0.25, 0.3) is 0 Å². The minimum Gasteiger partial charge on any atom is -0.444 e. The summed E-state index contributed by atoms with van der Waals surface area (Å²) in [5, 5.41) is 2.67. The van der Waals surface area contributed by atoms with E-state index in [1.807, 2.05) is 30.3 Å². The number of carbonyl (C=O) groups excluding carboxylic acids is 2. The number of hydrogen-bond donors (Lipinski definition) is 1. The van der Waals surface area contributed by atoms with Crippen molar-refractivity contribution >= 4 is 12.0 Å². The molecule has 1 N–H and O–H groups in total. The van der Waals surface area contributed by atoms with Gasteiger partial charge in [0.15, 0.2) is 0 Å². The van der Waals surface area contributed by atoms with E-state index in [0.29, 0.717) is 12.8 Å². The Morgan fingerprint density at radius 2 is 1.77 bits per heavy atom. The summed E-state index contributed by atoms with van der Waals surface area (Å²) >= 11 is 0. The maximum absolute atomic E-state index is 12.2. The second kappa shape index (κ2) is 7.82. The molecule has 0 spiro atoms. The van der Waals surface area contributed by atoms with Crippen molar-refractivity contribution in [2.45, 2.75) is 45.3 Å². The van der Waals surface area contributed by atoms with E-state index in [9.17, 15) is 9.59 Å². The number of nitrogens with one attached hydrogen (secondary N) is 1. The Labute approximate surface area is 132 Å². The van der Waals surface area contributed by atoms with Gasteiger partial charge in [-0.1, -0.05) is 30.3 Å². The Hall–Kier alpha value is -2.04. The number of amides is 2. The molecule has 5 heteroatoms.